The van der Waals surface area contributed by atoms with Crippen molar-refractivity contribution in [3.8, 4) is 0 Å². The Bertz CT molecular complexity index is 834. The van der Waals surface area contributed by atoms with Gasteiger partial charge in [0.15, 0.2) is 5.16 Å². The number of aliphatic hydroxyl groups excluding tert-OH is 1. The number of nitrogens with zero attached hydrogens (tertiary/aromatic N) is 2. The minimum absolute atomic E-state index is 0.104. The molecule has 1 aromatic carbocycles. The van der Waals surface area contributed by atoms with Crippen LogP contribution >= 0.6 is 23.4 Å². The van der Waals surface area contributed by atoms with Crippen molar-refractivity contribution in [3.63, 3.8) is 0 Å². The quantitative estimate of drug-likeness (QED) is 0.528. The number of carbonyl (C=O) groups excluding carboxylic acids is 1. The lowest BCUT2D eigenvalue weighted by Gasteiger charge is -2.16. The molecule has 0 aliphatic rings. The minimum Gasteiger partial charge on any atom is -0.392 e. The highest BCUT2D eigenvalue weighted by Gasteiger charge is 2.16. The maximum Gasteiger partial charge on any atom is 0.262 e. The van der Waals surface area contributed by atoms with E-state index in [2.05, 4.69) is 10.3 Å². The van der Waals surface area contributed by atoms with E-state index in [9.17, 15) is 14.7 Å². The molecule has 0 saturated carbocycles. The lowest BCUT2D eigenvalue weighted by atomic mass is 10.2. The summed E-state index contributed by atoms with van der Waals surface area (Å²) in [5.41, 5.74) is 0.225. The van der Waals surface area contributed by atoms with Crippen LogP contribution in [0.5, 0.6) is 0 Å². The summed E-state index contributed by atoms with van der Waals surface area (Å²) in [4.78, 5) is 29.4. The highest BCUT2D eigenvalue weighted by Crippen LogP contribution is 2.20. The van der Waals surface area contributed by atoms with E-state index in [-0.39, 0.29) is 29.8 Å². The topological polar surface area (TPSA) is 84.2 Å². The highest BCUT2D eigenvalue weighted by atomic mass is 35.5. The number of rotatable bonds is 8. The Morgan fingerprint density at radius 3 is 2.69 bits per heavy atom. The molecule has 0 aliphatic carbocycles. The largest absolute Gasteiger partial charge is 0.392 e. The third-order valence-corrected chi connectivity index (χ3v) is 5.22. The predicted molar refractivity (Wildman–Crippen MR) is 106 cm³/mol. The fraction of sp³-hybridized carbons (Fsp3) is 0.500. The van der Waals surface area contributed by atoms with Crippen LogP contribution in [0.2, 0.25) is 5.02 Å². The number of hydrogen-bond donors (Lipinski definition) is 2. The molecule has 1 atom stereocenters. The molecule has 0 fully saturated rings. The Kier molecular flexibility index (Phi) is 7.49. The predicted octanol–water partition coefficient (Wildman–Crippen LogP) is 2.83. The normalized spacial score (nSPS) is 12.5. The molecule has 2 N–H and O–H groups in total. The number of aliphatic hydroxyl groups is 1. The SMILES string of the molecule is CCC(CC)NC(=O)CSc1nc2cc(Cl)ccc2c(=O)n1C[C@@H](C)O. The molecule has 1 heterocycles. The number of carbonyl (C=O) groups is 1. The van der Waals surface area contributed by atoms with E-state index in [0.29, 0.717) is 21.1 Å². The maximum atomic E-state index is 12.8. The lowest BCUT2D eigenvalue weighted by molar-refractivity contribution is -0.119. The Morgan fingerprint density at radius 2 is 2.08 bits per heavy atom. The summed E-state index contributed by atoms with van der Waals surface area (Å²) in [5, 5.41) is 14.0. The molecule has 0 bridgehead atoms. The summed E-state index contributed by atoms with van der Waals surface area (Å²) < 4.78 is 1.41. The first-order valence-corrected chi connectivity index (χ1v) is 10.0. The Labute approximate surface area is 162 Å². The number of halogens is 1. The van der Waals surface area contributed by atoms with Crippen LogP contribution in [0.3, 0.4) is 0 Å². The fourth-order valence-electron chi connectivity index (χ4n) is 2.60. The summed E-state index contributed by atoms with van der Waals surface area (Å²) in [6.45, 7) is 5.76. The molecule has 142 valence electrons. The molecule has 6 nitrogen and oxygen atoms in total. The van der Waals surface area contributed by atoms with Crippen molar-refractivity contribution in [2.75, 3.05) is 5.75 Å². The standard InChI is InChI=1S/C18H24ClN3O3S/c1-4-13(5-2)20-16(24)10-26-18-21-15-8-12(19)6-7-14(15)17(25)22(18)9-11(3)23/h6-8,11,13,23H,4-5,9-10H2,1-3H3,(H,20,24)/t11-/m1/s1. The molecule has 0 saturated heterocycles. The van der Waals surface area contributed by atoms with Gasteiger partial charge in [-0.25, -0.2) is 4.98 Å². The van der Waals surface area contributed by atoms with E-state index in [1.54, 1.807) is 25.1 Å². The van der Waals surface area contributed by atoms with Gasteiger partial charge >= 0.3 is 0 Å². The average Bonchev–Trinajstić information content (AvgIpc) is 2.60. The van der Waals surface area contributed by atoms with Gasteiger partial charge in [-0.2, -0.15) is 0 Å². The van der Waals surface area contributed by atoms with Crippen LogP contribution < -0.4 is 10.9 Å². The van der Waals surface area contributed by atoms with E-state index in [1.807, 2.05) is 13.8 Å². The van der Waals surface area contributed by atoms with Gasteiger partial charge in [-0.15, -0.1) is 0 Å². The van der Waals surface area contributed by atoms with Gasteiger partial charge in [0.1, 0.15) is 0 Å². The van der Waals surface area contributed by atoms with Crippen LogP contribution in [0.4, 0.5) is 0 Å². The van der Waals surface area contributed by atoms with E-state index >= 15 is 0 Å². The second-order valence-corrected chi connectivity index (χ2v) is 7.57. The molecule has 0 unspecified atom stereocenters. The summed E-state index contributed by atoms with van der Waals surface area (Å²) in [6.07, 6.45) is 1.02. The monoisotopic (exact) mass is 397 g/mol. The summed E-state index contributed by atoms with van der Waals surface area (Å²) in [6, 6.07) is 5.03. The number of fused-ring (bicyclic) bond motifs is 1. The molecular weight excluding hydrogens is 374 g/mol. The van der Waals surface area contributed by atoms with E-state index < -0.39 is 6.10 Å². The highest BCUT2D eigenvalue weighted by molar-refractivity contribution is 7.99. The third kappa shape index (κ3) is 5.22. The van der Waals surface area contributed by atoms with E-state index in [1.165, 1.54) is 16.3 Å². The van der Waals surface area contributed by atoms with Gasteiger partial charge in [-0.05, 0) is 38.0 Å². The number of nitrogens with one attached hydrogen (secondary N) is 1. The van der Waals surface area contributed by atoms with Gasteiger partial charge in [0, 0.05) is 11.1 Å². The van der Waals surface area contributed by atoms with Crippen molar-refractivity contribution in [1.82, 2.24) is 14.9 Å². The molecule has 1 amide bonds. The van der Waals surface area contributed by atoms with Gasteiger partial charge in [0.25, 0.3) is 5.56 Å². The minimum atomic E-state index is -0.711. The van der Waals surface area contributed by atoms with Gasteiger partial charge in [-0.3, -0.25) is 14.2 Å². The summed E-state index contributed by atoms with van der Waals surface area (Å²) >= 11 is 7.19. The first-order chi connectivity index (χ1) is 12.3. The molecule has 0 radical (unpaired) electrons. The zero-order chi connectivity index (χ0) is 19.3. The molecular formula is C18H24ClN3O3S. The number of aromatic nitrogens is 2. The molecule has 26 heavy (non-hydrogen) atoms. The zero-order valence-electron chi connectivity index (χ0n) is 15.2. The van der Waals surface area contributed by atoms with Crippen molar-refractivity contribution in [2.45, 2.75) is 57.5 Å². The summed E-state index contributed by atoms with van der Waals surface area (Å²) in [7, 11) is 0. The molecule has 1 aromatic heterocycles. The molecule has 2 aromatic rings. The fourth-order valence-corrected chi connectivity index (χ4v) is 3.59. The third-order valence-electron chi connectivity index (χ3n) is 4.01. The van der Waals surface area contributed by atoms with Crippen LogP contribution in [0, 0.1) is 0 Å². The molecule has 8 heteroatoms. The Hall–Kier alpha value is -1.57. The van der Waals surface area contributed by atoms with E-state index in [0.717, 1.165) is 12.8 Å². The zero-order valence-corrected chi connectivity index (χ0v) is 16.7. The Morgan fingerprint density at radius 1 is 1.38 bits per heavy atom. The lowest BCUT2D eigenvalue weighted by Crippen LogP contribution is -2.35. The van der Waals surface area contributed by atoms with Crippen LogP contribution in [0.1, 0.15) is 33.6 Å². The van der Waals surface area contributed by atoms with Crippen molar-refractivity contribution in [2.24, 2.45) is 0 Å². The van der Waals surface area contributed by atoms with Crippen LogP contribution in [-0.4, -0.2) is 38.5 Å². The smallest absolute Gasteiger partial charge is 0.262 e. The van der Waals surface area contributed by atoms with Crippen LogP contribution in [-0.2, 0) is 11.3 Å². The van der Waals surface area contributed by atoms with Crippen molar-refractivity contribution < 1.29 is 9.90 Å². The maximum absolute atomic E-state index is 12.8. The molecule has 2 rings (SSSR count). The van der Waals surface area contributed by atoms with Crippen LogP contribution in [0.25, 0.3) is 10.9 Å². The number of thioether (sulfide) groups is 1. The van der Waals surface area contributed by atoms with Crippen molar-refractivity contribution in [3.05, 3.63) is 33.6 Å². The van der Waals surface area contributed by atoms with Gasteiger partial charge in [0.2, 0.25) is 5.91 Å². The molecule has 0 spiro atoms. The van der Waals surface area contributed by atoms with E-state index in [4.69, 9.17) is 11.6 Å². The van der Waals surface area contributed by atoms with Crippen molar-refractivity contribution in [1.29, 1.82) is 0 Å². The molecule has 0 aliphatic heterocycles. The average molecular weight is 398 g/mol. The number of amides is 1. The van der Waals surface area contributed by atoms with Gasteiger partial charge < -0.3 is 10.4 Å². The van der Waals surface area contributed by atoms with Crippen molar-refractivity contribution >= 4 is 40.2 Å². The van der Waals surface area contributed by atoms with Gasteiger partial charge in [-0.1, -0.05) is 37.2 Å². The first kappa shape index (κ1) is 20.7. The number of hydrogen-bond acceptors (Lipinski definition) is 5. The number of benzene rings is 1. The first-order valence-electron chi connectivity index (χ1n) is 8.66. The van der Waals surface area contributed by atoms with Gasteiger partial charge in [0.05, 0.1) is 29.3 Å². The van der Waals surface area contributed by atoms with Crippen LogP contribution in [0.15, 0.2) is 28.2 Å². The summed E-state index contributed by atoms with van der Waals surface area (Å²) in [5.74, 6) is 0.0437. The second-order valence-electron chi connectivity index (χ2n) is 6.19. The second kappa shape index (κ2) is 9.39. The Balaban J connectivity index is 2.32.